The second kappa shape index (κ2) is 6.80. The standard InChI is InChI=1S/C19H20N4OS/c1-21-9-5-8-16(21)14-17-18(24)20-19(25-17)23-12-10-22(11-13-23)15-6-3-2-4-7-15/h2-9,14H,10-13H2,1H3/b17-14-. The highest BCUT2D eigenvalue weighted by Gasteiger charge is 2.28. The van der Waals surface area contributed by atoms with E-state index < -0.39 is 0 Å². The van der Waals surface area contributed by atoms with Crippen LogP contribution >= 0.6 is 11.8 Å². The van der Waals surface area contributed by atoms with E-state index in [-0.39, 0.29) is 5.91 Å². The molecule has 0 spiro atoms. The molecule has 1 amide bonds. The maximum atomic E-state index is 12.2. The van der Waals surface area contributed by atoms with Crippen LogP contribution in [0.25, 0.3) is 6.08 Å². The van der Waals surface area contributed by atoms with Gasteiger partial charge in [-0.25, -0.2) is 0 Å². The van der Waals surface area contributed by atoms with E-state index in [0.717, 1.165) is 37.0 Å². The lowest BCUT2D eigenvalue weighted by molar-refractivity contribution is -0.113. The summed E-state index contributed by atoms with van der Waals surface area (Å²) in [4.78, 5) is 21.8. The van der Waals surface area contributed by atoms with Crippen molar-refractivity contribution in [3.63, 3.8) is 0 Å². The first-order valence-corrected chi connectivity index (χ1v) is 9.21. The molecule has 2 aliphatic heterocycles. The van der Waals surface area contributed by atoms with Crippen molar-refractivity contribution in [2.75, 3.05) is 31.1 Å². The molecule has 0 radical (unpaired) electrons. The Morgan fingerprint density at radius 1 is 1.00 bits per heavy atom. The molecule has 0 N–H and O–H groups in total. The fraction of sp³-hybridized carbons (Fsp3) is 0.263. The van der Waals surface area contributed by atoms with Crippen molar-refractivity contribution in [1.82, 2.24) is 9.47 Å². The zero-order valence-corrected chi connectivity index (χ0v) is 14.9. The van der Waals surface area contributed by atoms with E-state index in [4.69, 9.17) is 0 Å². The van der Waals surface area contributed by atoms with Gasteiger partial charge < -0.3 is 14.4 Å². The van der Waals surface area contributed by atoms with Gasteiger partial charge in [-0.1, -0.05) is 18.2 Å². The van der Waals surface area contributed by atoms with E-state index in [2.05, 4.69) is 39.1 Å². The number of carbonyl (C=O) groups excluding carboxylic acids is 1. The van der Waals surface area contributed by atoms with Gasteiger partial charge in [0.15, 0.2) is 5.17 Å². The minimum Gasteiger partial charge on any atom is -0.368 e. The molecule has 0 bridgehead atoms. The number of aryl methyl sites for hydroxylation is 1. The summed E-state index contributed by atoms with van der Waals surface area (Å²) in [5, 5.41) is 0.832. The van der Waals surface area contributed by atoms with E-state index in [1.165, 1.54) is 17.4 Å². The van der Waals surface area contributed by atoms with Gasteiger partial charge in [0.1, 0.15) is 0 Å². The molecule has 5 nitrogen and oxygen atoms in total. The van der Waals surface area contributed by atoms with Gasteiger partial charge in [0.2, 0.25) is 0 Å². The predicted octanol–water partition coefficient (Wildman–Crippen LogP) is 2.82. The van der Waals surface area contributed by atoms with E-state index in [0.29, 0.717) is 4.91 Å². The molecule has 0 atom stereocenters. The van der Waals surface area contributed by atoms with Crippen molar-refractivity contribution in [1.29, 1.82) is 0 Å². The maximum absolute atomic E-state index is 12.2. The van der Waals surface area contributed by atoms with Gasteiger partial charge >= 0.3 is 0 Å². The van der Waals surface area contributed by atoms with Crippen LogP contribution in [-0.2, 0) is 11.8 Å². The minimum atomic E-state index is -0.133. The molecule has 128 valence electrons. The smallest absolute Gasteiger partial charge is 0.286 e. The fourth-order valence-electron chi connectivity index (χ4n) is 3.09. The van der Waals surface area contributed by atoms with E-state index in [1.807, 2.05) is 42.1 Å². The number of para-hydroxylation sites is 1. The Bertz CT molecular complexity index is 832. The summed E-state index contributed by atoms with van der Waals surface area (Å²) in [5.74, 6) is -0.133. The Labute approximate surface area is 151 Å². The summed E-state index contributed by atoms with van der Waals surface area (Å²) in [6.07, 6.45) is 3.89. The third-order valence-electron chi connectivity index (χ3n) is 4.54. The van der Waals surface area contributed by atoms with Crippen LogP contribution in [0.2, 0.25) is 0 Å². The summed E-state index contributed by atoms with van der Waals surface area (Å²) < 4.78 is 2.00. The summed E-state index contributed by atoms with van der Waals surface area (Å²) in [5.41, 5.74) is 2.27. The third-order valence-corrected chi connectivity index (χ3v) is 5.59. The van der Waals surface area contributed by atoms with Crippen LogP contribution in [0.15, 0.2) is 58.6 Å². The molecular weight excluding hydrogens is 332 g/mol. The molecule has 1 fully saturated rings. The summed E-state index contributed by atoms with van der Waals surface area (Å²) in [7, 11) is 1.97. The van der Waals surface area contributed by atoms with Crippen LogP contribution in [-0.4, -0.2) is 46.7 Å². The van der Waals surface area contributed by atoms with E-state index in [9.17, 15) is 4.79 Å². The number of aliphatic imine (C=N–C) groups is 1. The number of hydrogen-bond acceptors (Lipinski definition) is 4. The van der Waals surface area contributed by atoms with Crippen LogP contribution in [0.3, 0.4) is 0 Å². The number of benzene rings is 1. The van der Waals surface area contributed by atoms with Gasteiger partial charge in [0.25, 0.3) is 5.91 Å². The van der Waals surface area contributed by atoms with Crippen LogP contribution in [0.1, 0.15) is 5.69 Å². The molecule has 2 aliphatic rings. The summed E-state index contributed by atoms with van der Waals surface area (Å²) >= 11 is 1.48. The molecule has 0 aliphatic carbocycles. The van der Waals surface area contributed by atoms with Gasteiger partial charge in [-0.3, -0.25) is 4.79 Å². The molecule has 1 aromatic heterocycles. The SMILES string of the molecule is Cn1cccc1/C=C1\SC(N2CCN(c3ccccc3)CC2)=NC1=O. The molecule has 1 saturated heterocycles. The van der Waals surface area contributed by atoms with Gasteiger partial charge in [-0.05, 0) is 42.1 Å². The number of amides is 1. The van der Waals surface area contributed by atoms with Crippen molar-refractivity contribution in [2.24, 2.45) is 12.0 Å². The molecule has 1 aromatic carbocycles. The second-order valence-electron chi connectivity index (χ2n) is 6.16. The van der Waals surface area contributed by atoms with Gasteiger partial charge in [0.05, 0.1) is 4.91 Å². The highest BCUT2D eigenvalue weighted by atomic mass is 32.2. The highest BCUT2D eigenvalue weighted by molar-refractivity contribution is 8.18. The number of anilines is 1. The van der Waals surface area contributed by atoms with Gasteiger partial charge in [-0.2, -0.15) is 4.99 Å². The van der Waals surface area contributed by atoms with Gasteiger partial charge in [0, 0.05) is 50.8 Å². The first-order chi connectivity index (χ1) is 12.2. The average molecular weight is 352 g/mol. The average Bonchev–Trinajstić information content (AvgIpc) is 3.22. The van der Waals surface area contributed by atoms with E-state index in [1.54, 1.807) is 0 Å². The number of nitrogens with zero attached hydrogens (tertiary/aromatic N) is 4. The molecule has 2 aromatic rings. The molecule has 6 heteroatoms. The zero-order chi connectivity index (χ0) is 17.2. The summed E-state index contributed by atoms with van der Waals surface area (Å²) in [6, 6.07) is 14.4. The lowest BCUT2D eigenvalue weighted by Crippen LogP contribution is -2.47. The quantitative estimate of drug-likeness (QED) is 0.780. The highest BCUT2D eigenvalue weighted by Crippen LogP contribution is 2.31. The Kier molecular flexibility index (Phi) is 4.36. The predicted molar refractivity (Wildman–Crippen MR) is 104 cm³/mol. The van der Waals surface area contributed by atoms with E-state index >= 15 is 0 Å². The third kappa shape index (κ3) is 3.35. The maximum Gasteiger partial charge on any atom is 0.286 e. The van der Waals surface area contributed by atoms with Crippen molar-refractivity contribution < 1.29 is 4.79 Å². The Balaban J connectivity index is 1.41. The second-order valence-corrected chi connectivity index (χ2v) is 7.17. The first-order valence-electron chi connectivity index (χ1n) is 8.39. The molecule has 4 rings (SSSR count). The summed E-state index contributed by atoms with van der Waals surface area (Å²) in [6.45, 7) is 3.64. The lowest BCUT2D eigenvalue weighted by atomic mass is 10.2. The van der Waals surface area contributed by atoms with Crippen LogP contribution in [0, 0.1) is 0 Å². The van der Waals surface area contributed by atoms with Crippen LogP contribution in [0.4, 0.5) is 5.69 Å². The Morgan fingerprint density at radius 2 is 1.72 bits per heavy atom. The van der Waals surface area contributed by atoms with Gasteiger partial charge in [-0.15, -0.1) is 0 Å². The molecule has 0 saturated carbocycles. The number of thioether (sulfide) groups is 1. The number of carbonyl (C=O) groups is 1. The Morgan fingerprint density at radius 3 is 2.40 bits per heavy atom. The van der Waals surface area contributed by atoms with Crippen molar-refractivity contribution in [2.45, 2.75) is 0 Å². The number of rotatable bonds is 2. The largest absolute Gasteiger partial charge is 0.368 e. The normalized spacial score (nSPS) is 19.6. The minimum absolute atomic E-state index is 0.133. The number of hydrogen-bond donors (Lipinski definition) is 0. The topological polar surface area (TPSA) is 40.8 Å². The Hall–Kier alpha value is -2.47. The molecule has 0 unspecified atom stereocenters. The van der Waals surface area contributed by atoms with Crippen molar-refractivity contribution in [3.8, 4) is 0 Å². The lowest BCUT2D eigenvalue weighted by Gasteiger charge is -2.36. The first kappa shape index (κ1) is 16.0. The van der Waals surface area contributed by atoms with Crippen LogP contribution < -0.4 is 4.90 Å². The fourth-order valence-corrected chi connectivity index (χ4v) is 4.04. The molecular formula is C19H20N4OS. The monoisotopic (exact) mass is 352 g/mol. The zero-order valence-electron chi connectivity index (χ0n) is 14.1. The van der Waals surface area contributed by atoms with Crippen molar-refractivity contribution in [3.05, 3.63) is 59.3 Å². The molecule has 25 heavy (non-hydrogen) atoms. The van der Waals surface area contributed by atoms with Crippen LogP contribution in [0.5, 0.6) is 0 Å². The number of aromatic nitrogens is 1. The van der Waals surface area contributed by atoms with Crippen molar-refractivity contribution >= 4 is 34.6 Å². The molecule has 3 heterocycles. The number of amidine groups is 1. The number of piperazine rings is 1.